The van der Waals surface area contributed by atoms with Gasteiger partial charge in [-0.2, -0.15) is 0 Å². The largest absolute Gasteiger partial charge is 0.106 e. The maximum atomic E-state index is 3.56. The van der Waals surface area contributed by atoms with Crippen molar-refractivity contribution in [2.24, 2.45) is 0 Å². The third-order valence-electron chi connectivity index (χ3n) is 0.329. The first-order valence-corrected chi connectivity index (χ1v) is 2.99. The number of hydrogen-bond acceptors (Lipinski definition) is 0. The summed E-state index contributed by atoms with van der Waals surface area (Å²) in [7, 11) is 0.454. The minimum absolute atomic E-state index is 0.454. The Morgan fingerprint density at radius 3 is 2.40 bits per heavy atom. The normalized spacial score (nSPS) is 9.00. The molecule has 0 aliphatic rings. The Hall–Kier alpha value is -0.173. The predicted octanol–water partition coefficient (Wildman–Crippen LogP) is 0.388. The van der Waals surface area contributed by atoms with Crippen LogP contribution in [0.3, 0.4) is 0 Å². The van der Waals surface area contributed by atoms with Gasteiger partial charge >= 0.3 is 0 Å². The van der Waals surface area contributed by atoms with Gasteiger partial charge in [0.1, 0.15) is 0 Å². The quantitative estimate of drug-likeness (QED) is 0.403. The molecule has 0 nitrogen and oxygen atoms in total. The third-order valence-corrected chi connectivity index (χ3v) is 0.986. The van der Waals surface area contributed by atoms with Crippen LogP contribution in [0.15, 0.2) is 12.3 Å². The van der Waals surface area contributed by atoms with Gasteiger partial charge in [-0.3, -0.25) is 0 Å². The van der Waals surface area contributed by atoms with Crippen molar-refractivity contribution in [3.8, 4) is 0 Å². The second kappa shape index (κ2) is 3.83. The molecule has 1 heteroatoms. The lowest BCUT2D eigenvalue weighted by atomic mass is 11.0. The van der Waals surface area contributed by atoms with Gasteiger partial charge in [-0.05, 0) is 0 Å². The standard InChI is InChI=1S/C4H8Si/c1-3-5-4-2/h3-5H,1H2,2H3. The minimum Gasteiger partial charge on any atom is -0.106 e. The molecular weight excluding hydrogens is 76.1 g/mol. The van der Waals surface area contributed by atoms with Crippen LogP contribution in [-0.2, 0) is 0 Å². The fourth-order valence-corrected chi connectivity index (χ4v) is 0.408. The van der Waals surface area contributed by atoms with E-state index in [1.165, 1.54) is 0 Å². The molecule has 0 heterocycles. The summed E-state index contributed by atoms with van der Waals surface area (Å²) in [5.41, 5.74) is 4.10. The highest BCUT2D eigenvalue weighted by Crippen LogP contribution is 1.39. The van der Waals surface area contributed by atoms with E-state index in [2.05, 4.69) is 19.2 Å². The van der Waals surface area contributed by atoms with Crippen molar-refractivity contribution in [2.75, 3.05) is 0 Å². The molecule has 0 N–H and O–H groups in total. The Balaban J connectivity index is 2.92. The van der Waals surface area contributed by atoms with Crippen molar-refractivity contribution in [2.45, 2.75) is 6.92 Å². The first-order chi connectivity index (χ1) is 2.41. The van der Waals surface area contributed by atoms with E-state index in [0.717, 1.165) is 0 Å². The zero-order valence-corrected chi connectivity index (χ0v) is 4.59. The van der Waals surface area contributed by atoms with Crippen molar-refractivity contribution in [3.05, 3.63) is 12.3 Å². The Morgan fingerprint density at radius 1 is 1.80 bits per heavy atom. The maximum absolute atomic E-state index is 3.56. The van der Waals surface area contributed by atoms with Gasteiger partial charge in [0, 0.05) is 9.13 Å². The summed E-state index contributed by atoms with van der Waals surface area (Å²) in [4.78, 5) is 0. The van der Waals surface area contributed by atoms with Gasteiger partial charge in [-0.1, -0.05) is 12.6 Å². The van der Waals surface area contributed by atoms with Gasteiger partial charge in [0.05, 0.1) is 0 Å². The van der Waals surface area contributed by atoms with Gasteiger partial charge in [0.15, 0.2) is 0 Å². The molecule has 0 saturated heterocycles. The summed E-state index contributed by atoms with van der Waals surface area (Å²) in [5, 5.41) is 0. The van der Waals surface area contributed by atoms with Gasteiger partial charge < -0.3 is 0 Å². The molecule has 0 aromatic heterocycles. The summed E-state index contributed by atoms with van der Waals surface area (Å²) in [6.45, 7) is 5.61. The summed E-state index contributed by atoms with van der Waals surface area (Å²) < 4.78 is 0. The summed E-state index contributed by atoms with van der Waals surface area (Å²) in [6.07, 6.45) is 0. The molecule has 5 heavy (non-hydrogen) atoms. The average Bonchev–Trinajstić information content (AvgIpc) is 1.41. The topological polar surface area (TPSA) is 0 Å². The molecule has 0 aliphatic heterocycles. The molecule has 0 bridgehead atoms. The lowest BCUT2D eigenvalue weighted by Crippen LogP contribution is -1.65. The molecule has 0 spiro atoms. The van der Waals surface area contributed by atoms with Gasteiger partial charge in [0.2, 0.25) is 0 Å². The Morgan fingerprint density at radius 2 is 2.40 bits per heavy atom. The number of rotatable bonds is 1. The number of hydrogen-bond donors (Lipinski definition) is 0. The van der Waals surface area contributed by atoms with Crippen LogP contribution >= 0.6 is 0 Å². The van der Waals surface area contributed by atoms with E-state index < -0.39 is 0 Å². The van der Waals surface area contributed by atoms with Crippen LogP contribution in [0.25, 0.3) is 0 Å². The fourth-order valence-electron chi connectivity index (χ4n) is 0.136. The second-order valence-corrected chi connectivity index (χ2v) is 2.28. The van der Waals surface area contributed by atoms with Crippen molar-refractivity contribution >= 4 is 14.8 Å². The molecule has 0 rings (SSSR count). The minimum atomic E-state index is 0.454. The molecular formula is C4H8Si. The van der Waals surface area contributed by atoms with E-state index in [1.807, 2.05) is 5.70 Å². The second-order valence-electron chi connectivity index (χ2n) is 0.761. The summed E-state index contributed by atoms with van der Waals surface area (Å²) >= 11 is 0. The van der Waals surface area contributed by atoms with Crippen molar-refractivity contribution in [3.63, 3.8) is 0 Å². The molecule has 0 unspecified atom stereocenters. The summed E-state index contributed by atoms with van der Waals surface area (Å²) in [6, 6.07) is 0. The predicted molar refractivity (Wildman–Crippen MR) is 29.1 cm³/mol. The zero-order chi connectivity index (χ0) is 4.12. The lowest BCUT2D eigenvalue weighted by molar-refractivity contribution is 2.13. The van der Waals surface area contributed by atoms with Gasteiger partial charge in [-0.25, -0.2) is 0 Å². The monoisotopic (exact) mass is 84.0 g/mol. The third kappa shape index (κ3) is 3.83. The first kappa shape index (κ1) is 4.83. The van der Waals surface area contributed by atoms with Crippen LogP contribution in [-0.4, -0.2) is 14.8 Å². The van der Waals surface area contributed by atoms with Crippen LogP contribution in [0.1, 0.15) is 6.92 Å². The van der Waals surface area contributed by atoms with Crippen LogP contribution < -0.4 is 0 Å². The molecule has 0 aromatic rings. The first-order valence-electron chi connectivity index (χ1n) is 1.65. The van der Waals surface area contributed by atoms with Crippen molar-refractivity contribution in [1.82, 2.24) is 0 Å². The molecule has 0 atom stereocenters. The van der Waals surface area contributed by atoms with Crippen LogP contribution in [0.2, 0.25) is 0 Å². The van der Waals surface area contributed by atoms with Crippen molar-refractivity contribution in [1.29, 1.82) is 0 Å². The van der Waals surface area contributed by atoms with E-state index in [4.69, 9.17) is 0 Å². The highest BCUT2D eigenvalue weighted by molar-refractivity contribution is 6.51. The maximum Gasteiger partial charge on any atom is 0.0146 e. The van der Waals surface area contributed by atoms with E-state index in [9.17, 15) is 0 Å². The Bertz CT molecular complexity index is 45.6. The lowest BCUT2D eigenvalue weighted by Gasteiger charge is -1.54. The van der Waals surface area contributed by atoms with Crippen LogP contribution in [0, 0.1) is 0 Å². The Kier molecular flexibility index (Phi) is 3.69. The SMILES string of the molecule is C=C[SiH]=CC. The van der Waals surface area contributed by atoms with Crippen LogP contribution in [0.4, 0.5) is 0 Å². The van der Waals surface area contributed by atoms with Crippen LogP contribution in [0.5, 0.6) is 0 Å². The molecule has 28 valence electrons. The molecule has 0 radical (unpaired) electrons. The fraction of sp³-hybridized carbons (Fsp3) is 0.250. The van der Waals surface area contributed by atoms with Gasteiger partial charge in [-0.15, -0.1) is 12.3 Å². The molecule has 0 fully saturated rings. The summed E-state index contributed by atoms with van der Waals surface area (Å²) in [5.74, 6) is 0. The van der Waals surface area contributed by atoms with E-state index in [0.29, 0.717) is 9.13 Å². The molecule has 0 amide bonds. The Labute approximate surface area is 35.0 Å². The highest BCUT2D eigenvalue weighted by atomic mass is 28.2. The van der Waals surface area contributed by atoms with E-state index >= 15 is 0 Å². The van der Waals surface area contributed by atoms with Gasteiger partial charge in [0.25, 0.3) is 0 Å². The van der Waals surface area contributed by atoms with E-state index in [-0.39, 0.29) is 0 Å². The molecule has 0 saturated carbocycles. The molecule has 0 aliphatic carbocycles. The average molecular weight is 84.2 g/mol. The highest BCUT2D eigenvalue weighted by Gasteiger charge is 1.43. The van der Waals surface area contributed by atoms with E-state index in [1.54, 1.807) is 0 Å². The van der Waals surface area contributed by atoms with Crippen molar-refractivity contribution < 1.29 is 0 Å². The zero-order valence-electron chi connectivity index (χ0n) is 3.44. The smallest absolute Gasteiger partial charge is 0.0146 e. The molecule has 0 aromatic carbocycles.